The Labute approximate surface area is 93.4 Å². The van der Waals surface area contributed by atoms with E-state index in [1.165, 1.54) is 0 Å². The number of esters is 2. The molecular weight excluding hydrogens is 282 g/mol. The molecule has 0 heterocycles. The second kappa shape index (κ2) is 6.57. The zero-order valence-electron chi connectivity index (χ0n) is 8.31. The van der Waals surface area contributed by atoms with E-state index in [-0.39, 0.29) is 0 Å². The lowest BCUT2D eigenvalue weighted by Crippen LogP contribution is -2.34. The van der Waals surface area contributed by atoms with Crippen LogP contribution in [-0.4, -0.2) is 41.0 Å². The Kier molecular flexibility index (Phi) is 7.05. The summed E-state index contributed by atoms with van der Waals surface area (Å²) in [6.07, 6.45) is -7.97. The fourth-order valence-corrected chi connectivity index (χ4v) is 0.200. The third-order valence-corrected chi connectivity index (χ3v) is 0.648. The van der Waals surface area contributed by atoms with E-state index in [2.05, 4.69) is 4.74 Å². The van der Waals surface area contributed by atoms with Crippen molar-refractivity contribution in [1.82, 2.24) is 0 Å². The maximum atomic E-state index is 11.2. The van der Waals surface area contributed by atoms with Gasteiger partial charge in [-0.1, -0.05) is 0 Å². The van der Waals surface area contributed by atoms with Crippen LogP contribution in [0.5, 0.6) is 0 Å². The second-order valence-electron chi connectivity index (χ2n) is 2.41. The molecule has 17 heavy (non-hydrogen) atoms. The molecule has 102 valence electrons. The number of ether oxygens (including phenoxy) is 1. The summed E-state index contributed by atoms with van der Waals surface area (Å²) in [6.45, 7) is 0. The number of halogens is 6. The molecule has 0 unspecified atom stereocenters. The van der Waals surface area contributed by atoms with Gasteiger partial charge in [-0.2, -0.15) is 26.3 Å². The van der Waals surface area contributed by atoms with E-state index in [4.69, 9.17) is 0 Å². The van der Waals surface area contributed by atoms with Gasteiger partial charge < -0.3 is 4.74 Å². The van der Waals surface area contributed by atoms with Gasteiger partial charge in [0, 0.05) is 23.3 Å². The standard InChI is InChI=1S/C4F6O3.C2H6OS/c5-3(6,7)1(11)13-2(12)4(8,9)10;1-4(2)3/h;1-2H3. The Morgan fingerprint density at radius 3 is 1.18 bits per heavy atom. The highest BCUT2D eigenvalue weighted by molar-refractivity contribution is 7.83. The van der Waals surface area contributed by atoms with Crippen LogP contribution < -0.4 is 0 Å². The van der Waals surface area contributed by atoms with Crippen LogP contribution in [0.1, 0.15) is 0 Å². The normalized spacial score (nSPS) is 11.6. The molecule has 0 saturated heterocycles. The van der Waals surface area contributed by atoms with Gasteiger partial charge in [0.1, 0.15) is 0 Å². The summed E-state index contributed by atoms with van der Waals surface area (Å²) in [5.74, 6) is -6.40. The molecule has 0 bridgehead atoms. The van der Waals surface area contributed by atoms with Gasteiger partial charge >= 0.3 is 24.3 Å². The summed E-state index contributed by atoms with van der Waals surface area (Å²) in [4.78, 5) is 19.3. The van der Waals surface area contributed by atoms with Crippen molar-refractivity contribution in [2.24, 2.45) is 0 Å². The van der Waals surface area contributed by atoms with Crippen LogP contribution in [0, 0.1) is 0 Å². The first-order valence-electron chi connectivity index (χ1n) is 3.43. The molecule has 0 aromatic heterocycles. The summed E-state index contributed by atoms with van der Waals surface area (Å²) < 4.78 is 79.2. The van der Waals surface area contributed by atoms with Crippen LogP contribution in [0.2, 0.25) is 0 Å². The van der Waals surface area contributed by atoms with Gasteiger partial charge in [0.2, 0.25) is 0 Å². The van der Waals surface area contributed by atoms with E-state index in [1.54, 1.807) is 12.5 Å². The first kappa shape index (κ1) is 18.2. The van der Waals surface area contributed by atoms with Gasteiger partial charge in [0.05, 0.1) is 0 Å². The van der Waals surface area contributed by atoms with Crippen LogP contribution in [-0.2, 0) is 25.1 Å². The van der Waals surface area contributed by atoms with E-state index in [0.29, 0.717) is 0 Å². The largest absolute Gasteiger partial charge is 0.491 e. The lowest BCUT2D eigenvalue weighted by Gasteiger charge is -2.06. The second-order valence-corrected chi connectivity index (χ2v) is 3.90. The van der Waals surface area contributed by atoms with E-state index in [0.717, 1.165) is 0 Å². The maximum Gasteiger partial charge on any atom is 0.491 e. The zero-order valence-corrected chi connectivity index (χ0v) is 9.13. The van der Waals surface area contributed by atoms with Crippen LogP contribution in [0.3, 0.4) is 0 Å². The average molecular weight is 288 g/mol. The Balaban J connectivity index is 0. The average Bonchev–Trinajstić information content (AvgIpc) is 1.98. The van der Waals surface area contributed by atoms with Crippen LogP contribution in [0.25, 0.3) is 0 Å². The van der Waals surface area contributed by atoms with Crippen LogP contribution in [0.4, 0.5) is 26.3 Å². The maximum absolute atomic E-state index is 11.2. The minimum atomic E-state index is -5.62. The summed E-state index contributed by atoms with van der Waals surface area (Å²) in [5, 5.41) is 0. The van der Waals surface area contributed by atoms with Crippen molar-refractivity contribution in [3.8, 4) is 0 Å². The van der Waals surface area contributed by atoms with E-state index < -0.39 is 35.1 Å². The third kappa shape index (κ3) is 11.1. The summed E-state index contributed by atoms with van der Waals surface area (Å²) in [7, 11) is -0.611. The van der Waals surface area contributed by atoms with Gasteiger partial charge in [0.25, 0.3) is 0 Å². The van der Waals surface area contributed by atoms with Crippen molar-refractivity contribution in [2.75, 3.05) is 12.5 Å². The SMILES string of the molecule is CS(C)=O.O=C(OC(=O)C(F)(F)F)C(F)(F)F. The van der Waals surface area contributed by atoms with Crippen LogP contribution in [0.15, 0.2) is 0 Å². The molecule has 0 radical (unpaired) electrons. The fourth-order valence-electron chi connectivity index (χ4n) is 0.200. The molecule has 0 aliphatic rings. The van der Waals surface area contributed by atoms with Crippen LogP contribution >= 0.6 is 0 Å². The summed E-state index contributed by atoms with van der Waals surface area (Å²) in [6, 6.07) is 0. The minimum Gasteiger partial charge on any atom is -0.380 e. The molecule has 0 rings (SSSR count). The first-order chi connectivity index (χ1) is 7.28. The number of hydrogen-bond acceptors (Lipinski definition) is 4. The van der Waals surface area contributed by atoms with Gasteiger partial charge in [-0.3, -0.25) is 4.21 Å². The molecule has 0 saturated carbocycles. The third-order valence-electron chi connectivity index (χ3n) is 0.648. The lowest BCUT2D eigenvalue weighted by atomic mass is 10.6. The van der Waals surface area contributed by atoms with Crippen molar-refractivity contribution in [3.63, 3.8) is 0 Å². The highest BCUT2D eigenvalue weighted by Crippen LogP contribution is 2.21. The molecule has 0 aliphatic carbocycles. The Morgan fingerprint density at radius 1 is 0.882 bits per heavy atom. The lowest BCUT2D eigenvalue weighted by molar-refractivity contribution is -0.221. The summed E-state index contributed by atoms with van der Waals surface area (Å²) >= 11 is 0. The van der Waals surface area contributed by atoms with Crippen molar-refractivity contribution in [2.45, 2.75) is 12.4 Å². The fraction of sp³-hybridized carbons (Fsp3) is 0.667. The number of carbonyl (C=O) groups excluding carboxylic acids is 2. The highest BCUT2D eigenvalue weighted by Gasteiger charge is 2.49. The quantitative estimate of drug-likeness (QED) is 0.381. The van der Waals surface area contributed by atoms with Gasteiger partial charge in [-0.15, -0.1) is 0 Å². The zero-order chi connectivity index (χ0) is 14.4. The number of alkyl halides is 6. The molecule has 4 nitrogen and oxygen atoms in total. The molecule has 0 aliphatic heterocycles. The monoisotopic (exact) mass is 288 g/mol. The molecular formula is C6H6F6O4S. The van der Waals surface area contributed by atoms with Gasteiger partial charge in [-0.25, -0.2) is 9.59 Å². The minimum absolute atomic E-state index is 0.611. The molecule has 0 aromatic carbocycles. The van der Waals surface area contributed by atoms with Crippen molar-refractivity contribution in [1.29, 1.82) is 0 Å². The Morgan fingerprint density at radius 2 is 1.06 bits per heavy atom. The van der Waals surface area contributed by atoms with E-state index in [1.807, 2.05) is 0 Å². The molecule has 0 aromatic rings. The molecule has 0 spiro atoms. The molecule has 0 atom stereocenters. The smallest absolute Gasteiger partial charge is 0.380 e. The highest BCUT2D eigenvalue weighted by atomic mass is 32.2. The first-order valence-corrected chi connectivity index (χ1v) is 5.40. The van der Waals surface area contributed by atoms with Gasteiger partial charge in [0.15, 0.2) is 0 Å². The van der Waals surface area contributed by atoms with Crippen molar-refractivity contribution >= 4 is 22.7 Å². The molecule has 0 amide bonds. The Hall–Kier alpha value is -1.13. The summed E-state index contributed by atoms with van der Waals surface area (Å²) in [5.41, 5.74) is 0. The van der Waals surface area contributed by atoms with E-state index >= 15 is 0 Å². The topological polar surface area (TPSA) is 60.4 Å². The Bertz CT molecular complexity index is 279. The number of carbonyl (C=O) groups is 2. The predicted octanol–water partition coefficient (Wildman–Crippen LogP) is 1.18. The van der Waals surface area contributed by atoms with E-state index in [9.17, 15) is 40.1 Å². The predicted molar refractivity (Wildman–Crippen MR) is 43.2 cm³/mol. The molecule has 11 heteroatoms. The number of hydrogen-bond donors (Lipinski definition) is 0. The van der Waals surface area contributed by atoms with Gasteiger partial charge in [-0.05, 0) is 0 Å². The number of rotatable bonds is 0. The molecule has 0 N–H and O–H groups in total. The molecule has 0 fully saturated rings. The van der Waals surface area contributed by atoms with Crippen molar-refractivity contribution in [3.05, 3.63) is 0 Å². The van der Waals surface area contributed by atoms with Crippen molar-refractivity contribution < 1.29 is 44.9 Å².